The van der Waals surface area contributed by atoms with Gasteiger partial charge in [0.2, 0.25) is 0 Å². The van der Waals surface area contributed by atoms with Crippen molar-refractivity contribution in [1.29, 1.82) is 0 Å². The van der Waals surface area contributed by atoms with E-state index in [1.54, 1.807) is 23.6 Å². The molecule has 1 aromatic heterocycles. The summed E-state index contributed by atoms with van der Waals surface area (Å²) in [6, 6.07) is 5.29. The zero-order valence-electron chi connectivity index (χ0n) is 30.1. The highest BCUT2D eigenvalue weighted by Gasteiger charge is 2.31. The van der Waals surface area contributed by atoms with E-state index in [4.69, 9.17) is 21.1 Å². The Balaban J connectivity index is 0.000000435. The van der Waals surface area contributed by atoms with Crippen molar-refractivity contribution in [3.8, 4) is 12.8 Å². The Kier molecular flexibility index (Phi) is 17.0. The highest BCUT2D eigenvalue weighted by Crippen LogP contribution is 2.38. The molecule has 1 aliphatic carbocycles. The lowest BCUT2D eigenvalue weighted by Crippen LogP contribution is -2.47. The molecule has 2 amide bonds. The number of aromatic nitrogens is 2. The van der Waals surface area contributed by atoms with Crippen LogP contribution in [0, 0.1) is 12.8 Å². The first-order chi connectivity index (χ1) is 23.4. The second-order valence-electron chi connectivity index (χ2n) is 12.6. The molecule has 1 fully saturated rings. The number of terminal acetylenes is 1. The van der Waals surface area contributed by atoms with Crippen molar-refractivity contribution in [1.82, 2.24) is 30.4 Å². The number of alkyl carbamates (subject to hydrolysis) is 1. The molecule has 0 saturated carbocycles. The van der Waals surface area contributed by atoms with E-state index in [9.17, 15) is 9.59 Å². The lowest BCUT2D eigenvalue weighted by molar-refractivity contribution is 0.0312. The first-order valence-electron chi connectivity index (χ1n) is 16.9. The van der Waals surface area contributed by atoms with E-state index >= 15 is 0 Å². The highest BCUT2D eigenvalue weighted by molar-refractivity contribution is 6.30. The maximum atomic E-state index is 13.0. The van der Waals surface area contributed by atoms with E-state index < -0.39 is 17.7 Å². The average molecular weight is 695 g/mol. The van der Waals surface area contributed by atoms with Crippen LogP contribution in [-0.4, -0.2) is 70.6 Å². The number of ether oxygens (including phenoxy) is 2. The average Bonchev–Trinajstić information content (AvgIpc) is 3.46. The number of carbonyl (C=O) groups is 2. The van der Waals surface area contributed by atoms with Crippen LogP contribution in [0.15, 0.2) is 61.7 Å². The van der Waals surface area contributed by atoms with Gasteiger partial charge in [-0.1, -0.05) is 64.1 Å². The van der Waals surface area contributed by atoms with Gasteiger partial charge in [-0.25, -0.2) is 14.6 Å². The van der Waals surface area contributed by atoms with Crippen molar-refractivity contribution in [2.75, 3.05) is 26.2 Å². The third-order valence-electron chi connectivity index (χ3n) is 8.41. The van der Waals surface area contributed by atoms with E-state index in [2.05, 4.69) is 53.9 Å². The standard InChI is InChI=1S/C26H33ClN4O2.C10H20N2O2.C2H2/c1-7-11-26(4,5)33-25(32)30-24(23-15-28-16-31(23)6)21-12-17(3)22(29-8-2)13-18-9-10-19(27)14-20(18)21;1-3-9(4-2)14-10(13)12-7-5-11-6-8-12;1-2/h8-10,12,14-16,22,24,29H,2-3,7,11,13H2,1,4-6H3,(H,30,32);9,11H,3-8H2,1-2H3;1-2H/t22?,24-;;/m1../s1. The first-order valence-corrected chi connectivity index (χ1v) is 17.3. The zero-order valence-corrected chi connectivity index (χ0v) is 30.8. The van der Waals surface area contributed by atoms with Crippen LogP contribution in [0.2, 0.25) is 5.02 Å². The number of hydrogen-bond acceptors (Lipinski definition) is 7. The maximum Gasteiger partial charge on any atom is 0.410 e. The number of imidazole rings is 1. The van der Waals surface area contributed by atoms with Crippen LogP contribution in [-0.2, 0) is 22.9 Å². The molecule has 1 aromatic carbocycles. The van der Waals surface area contributed by atoms with Gasteiger partial charge in [0.05, 0.1) is 30.3 Å². The number of fused-ring (bicyclic) bond motifs is 1. The largest absolute Gasteiger partial charge is 0.446 e. The van der Waals surface area contributed by atoms with Gasteiger partial charge in [-0.2, -0.15) is 0 Å². The van der Waals surface area contributed by atoms with E-state index in [1.807, 2.05) is 63.6 Å². The van der Waals surface area contributed by atoms with Crippen molar-refractivity contribution in [3.05, 3.63) is 83.6 Å². The molecule has 49 heavy (non-hydrogen) atoms. The Morgan fingerprint density at radius 3 is 2.45 bits per heavy atom. The maximum absolute atomic E-state index is 13.0. The summed E-state index contributed by atoms with van der Waals surface area (Å²) in [7, 11) is 1.90. The van der Waals surface area contributed by atoms with Crippen LogP contribution < -0.4 is 16.0 Å². The third kappa shape index (κ3) is 12.3. The molecule has 4 rings (SSSR count). The summed E-state index contributed by atoms with van der Waals surface area (Å²) in [6.45, 7) is 21.4. The number of carbonyl (C=O) groups excluding carboxylic acids is 2. The van der Waals surface area contributed by atoms with Crippen molar-refractivity contribution in [2.24, 2.45) is 7.05 Å². The molecule has 0 spiro atoms. The molecule has 2 aliphatic rings. The number of halogens is 1. The molecule has 1 saturated heterocycles. The van der Waals surface area contributed by atoms with Crippen molar-refractivity contribution < 1.29 is 19.1 Å². The molecule has 11 heteroatoms. The Morgan fingerprint density at radius 2 is 1.88 bits per heavy atom. The smallest absolute Gasteiger partial charge is 0.410 e. The van der Waals surface area contributed by atoms with Crippen molar-refractivity contribution in [3.63, 3.8) is 0 Å². The number of nitrogens with zero attached hydrogens (tertiary/aromatic N) is 3. The molecule has 10 nitrogen and oxygen atoms in total. The molecule has 2 atom stereocenters. The van der Waals surface area contributed by atoms with E-state index in [1.165, 1.54) is 0 Å². The molecular weight excluding hydrogens is 640 g/mol. The molecule has 2 heterocycles. The summed E-state index contributed by atoms with van der Waals surface area (Å²) in [5, 5.41) is 10.2. The SMILES string of the molecule is C#C.C=CNC1Cc2ccc(Cl)cc2C([C@@H](NC(=O)OC(C)(C)CCC)c2cncn2C)=CC1=C.CCC(CC)OC(=O)N1CCNCC1. The Labute approximate surface area is 298 Å². The van der Waals surface area contributed by atoms with Gasteiger partial charge >= 0.3 is 12.2 Å². The Morgan fingerprint density at radius 1 is 1.20 bits per heavy atom. The fourth-order valence-electron chi connectivity index (χ4n) is 5.80. The number of amides is 2. The summed E-state index contributed by atoms with van der Waals surface area (Å²) in [5.74, 6) is 0. The molecule has 2 aromatic rings. The van der Waals surface area contributed by atoms with Gasteiger partial charge in [0.25, 0.3) is 0 Å². The number of nitrogens with one attached hydrogen (secondary N) is 3. The van der Waals surface area contributed by atoms with Gasteiger partial charge in [-0.05, 0) is 80.1 Å². The third-order valence-corrected chi connectivity index (χ3v) is 8.65. The minimum atomic E-state index is -0.572. The van der Waals surface area contributed by atoms with Crippen LogP contribution in [0.25, 0.3) is 5.57 Å². The van der Waals surface area contributed by atoms with Crippen molar-refractivity contribution in [2.45, 2.75) is 90.5 Å². The minimum absolute atomic E-state index is 0.0254. The number of hydrogen-bond donors (Lipinski definition) is 3. The molecule has 268 valence electrons. The van der Waals surface area contributed by atoms with Gasteiger partial charge in [0.15, 0.2) is 0 Å². The predicted octanol–water partition coefficient (Wildman–Crippen LogP) is 7.18. The fraction of sp³-hybridized carbons (Fsp3) is 0.500. The zero-order chi connectivity index (χ0) is 36.6. The fourth-order valence-corrected chi connectivity index (χ4v) is 5.97. The Hall–Kier alpha value is -4.20. The van der Waals surface area contributed by atoms with Crippen LogP contribution in [0.3, 0.4) is 0 Å². The normalized spacial score (nSPS) is 16.3. The van der Waals surface area contributed by atoms with E-state index in [-0.39, 0.29) is 18.2 Å². The summed E-state index contributed by atoms with van der Waals surface area (Å²) >= 11 is 6.41. The number of aryl methyl sites for hydroxylation is 1. The van der Waals surface area contributed by atoms with Crippen LogP contribution in [0.4, 0.5) is 9.59 Å². The number of benzene rings is 1. The summed E-state index contributed by atoms with van der Waals surface area (Å²) in [6.07, 6.45) is 18.8. The summed E-state index contributed by atoms with van der Waals surface area (Å²) in [4.78, 5) is 30.7. The number of rotatable bonds is 11. The molecule has 1 aliphatic heterocycles. The topological polar surface area (TPSA) is 110 Å². The second kappa shape index (κ2) is 20.3. The lowest BCUT2D eigenvalue weighted by atomic mass is 9.92. The monoisotopic (exact) mass is 694 g/mol. The van der Waals surface area contributed by atoms with Gasteiger partial charge in [0, 0.05) is 38.2 Å². The summed E-state index contributed by atoms with van der Waals surface area (Å²) in [5.41, 5.74) is 4.05. The van der Waals surface area contributed by atoms with Gasteiger partial charge in [-0.15, -0.1) is 12.8 Å². The first kappa shape index (κ1) is 41.0. The van der Waals surface area contributed by atoms with Crippen LogP contribution in [0.5, 0.6) is 0 Å². The van der Waals surface area contributed by atoms with Crippen molar-refractivity contribution >= 4 is 29.4 Å². The molecule has 0 bridgehead atoms. The van der Waals surface area contributed by atoms with Crippen LogP contribution in [0.1, 0.15) is 83.2 Å². The Bertz CT molecular complexity index is 1440. The highest BCUT2D eigenvalue weighted by atomic mass is 35.5. The molecule has 0 radical (unpaired) electrons. The lowest BCUT2D eigenvalue weighted by Gasteiger charge is -2.28. The molecule has 1 unspecified atom stereocenters. The van der Waals surface area contributed by atoms with E-state index in [0.29, 0.717) is 11.4 Å². The minimum Gasteiger partial charge on any atom is -0.446 e. The second-order valence-corrected chi connectivity index (χ2v) is 13.0. The van der Waals surface area contributed by atoms with Gasteiger partial charge in [0.1, 0.15) is 11.7 Å². The summed E-state index contributed by atoms with van der Waals surface area (Å²) < 4.78 is 13.0. The van der Waals surface area contributed by atoms with E-state index in [0.717, 1.165) is 79.8 Å². The predicted molar refractivity (Wildman–Crippen MR) is 199 cm³/mol. The molecule has 3 N–H and O–H groups in total. The quantitative estimate of drug-likeness (QED) is 0.214. The van der Waals surface area contributed by atoms with Gasteiger partial charge in [-0.3, -0.25) is 0 Å². The van der Waals surface area contributed by atoms with Crippen LogP contribution >= 0.6 is 11.6 Å². The number of piperazine rings is 1. The van der Waals surface area contributed by atoms with Gasteiger partial charge < -0.3 is 34.9 Å². The molecular formula is C38H55ClN6O4.